The summed E-state index contributed by atoms with van der Waals surface area (Å²) >= 11 is 0. The van der Waals surface area contributed by atoms with E-state index in [1.807, 2.05) is 76.2 Å². The first-order valence-electron chi connectivity index (χ1n) is 9.77. The number of carbonyl (C=O) groups is 2. The fourth-order valence-electron chi connectivity index (χ4n) is 4.39. The number of benzene rings is 3. The minimum Gasteiger partial charge on any atom is -0.496 e. The van der Waals surface area contributed by atoms with Crippen LogP contribution in [0.15, 0.2) is 48.5 Å². The Hall–Kier alpha value is -3.20. The van der Waals surface area contributed by atoms with Crippen molar-refractivity contribution < 1.29 is 14.3 Å². The molecule has 0 saturated carbocycles. The second kappa shape index (κ2) is 7.00. The highest BCUT2D eigenvalue weighted by Crippen LogP contribution is 2.41. The van der Waals surface area contributed by atoms with E-state index in [9.17, 15) is 9.59 Å². The number of hydrogen-bond acceptors (Lipinski definition) is 3. The maximum Gasteiger partial charge on any atom is 0.197 e. The quantitative estimate of drug-likeness (QED) is 0.587. The van der Waals surface area contributed by atoms with Gasteiger partial charge in [-0.2, -0.15) is 0 Å². The van der Waals surface area contributed by atoms with Gasteiger partial charge in [0.1, 0.15) is 5.75 Å². The van der Waals surface area contributed by atoms with Crippen molar-refractivity contribution in [3.63, 3.8) is 0 Å². The molecule has 1 aliphatic carbocycles. The number of aryl methyl sites for hydroxylation is 4. The molecule has 0 heterocycles. The Kier molecular flexibility index (Phi) is 4.62. The van der Waals surface area contributed by atoms with Crippen molar-refractivity contribution in [2.24, 2.45) is 0 Å². The van der Waals surface area contributed by atoms with Crippen molar-refractivity contribution >= 4 is 11.6 Å². The number of Topliss-reactive ketones (excluding diaryl/α,β-unsaturated/α-hetero) is 1. The third-order valence-electron chi connectivity index (χ3n) is 5.70. The van der Waals surface area contributed by atoms with Gasteiger partial charge in [0.05, 0.1) is 18.6 Å². The maximum atomic E-state index is 13.9. The fraction of sp³-hybridized carbons (Fsp3) is 0.231. The zero-order chi connectivity index (χ0) is 20.9. The molecule has 0 aromatic heterocycles. The van der Waals surface area contributed by atoms with E-state index in [-0.39, 0.29) is 11.6 Å². The standard InChI is InChI=1S/C26H24O3/c1-14-6-8-18(9-7-14)23-22-17(4)10-15(2)11-19(22)26(28)24-20(25(23)27)12-16(3)13-21(24)29-5/h6-13,23H,1-5H3/t23-/m1/s1. The largest absolute Gasteiger partial charge is 0.496 e. The van der Waals surface area contributed by atoms with Crippen molar-refractivity contribution in [1.29, 1.82) is 0 Å². The van der Waals surface area contributed by atoms with Gasteiger partial charge >= 0.3 is 0 Å². The number of ketones is 2. The molecule has 29 heavy (non-hydrogen) atoms. The van der Waals surface area contributed by atoms with Gasteiger partial charge in [0.2, 0.25) is 0 Å². The smallest absolute Gasteiger partial charge is 0.197 e. The number of fused-ring (bicyclic) bond motifs is 2. The van der Waals surface area contributed by atoms with Crippen LogP contribution < -0.4 is 4.74 Å². The topological polar surface area (TPSA) is 43.4 Å². The summed E-state index contributed by atoms with van der Waals surface area (Å²) in [6, 6.07) is 15.6. The van der Waals surface area contributed by atoms with Crippen LogP contribution >= 0.6 is 0 Å². The summed E-state index contributed by atoms with van der Waals surface area (Å²) in [6.07, 6.45) is 0. The molecule has 0 N–H and O–H groups in total. The van der Waals surface area contributed by atoms with Crippen molar-refractivity contribution in [2.45, 2.75) is 33.6 Å². The average Bonchev–Trinajstić information content (AvgIpc) is 2.77. The van der Waals surface area contributed by atoms with E-state index in [4.69, 9.17) is 4.74 Å². The number of ether oxygens (including phenoxy) is 1. The summed E-state index contributed by atoms with van der Waals surface area (Å²) in [5, 5.41) is 0. The molecule has 146 valence electrons. The highest BCUT2D eigenvalue weighted by Gasteiger charge is 2.37. The molecular formula is C26H24O3. The average molecular weight is 384 g/mol. The monoisotopic (exact) mass is 384 g/mol. The van der Waals surface area contributed by atoms with Gasteiger partial charge in [-0.15, -0.1) is 0 Å². The van der Waals surface area contributed by atoms with Gasteiger partial charge in [-0.3, -0.25) is 9.59 Å². The van der Waals surface area contributed by atoms with E-state index in [0.29, 0.717) is 22.4 Å². The van der Waals surface area contributed by atoms with Crippen LogP contribution in [0.2, 0.25) is 0 Å². The summed E-state index contributed by atoms with van der Waals surface area (Å²) in [7, 11) is 1.54. The van der Waals surface area contributed by atoms with Crippen molar-refractivity contribution in [3.8, 4) is 5.75 Å². The molecule has 0 fully saturated rings. The predicted molar refractivity (Wildman–Crippen MR) is 114 cm³/mol. The zero-order valence-corrected chi connectivity index (χ0v) is 17.4. The Balaban J connectivity index is 2.11. The highest BCUT2D eigenvalue weighted by atomic mass is 16.5. The van der Waals surface area contributed by atoms with Crippen LogP contribution in [0.3, 0.4) is 0 Å². The molecule has 3 aromatic carbocycles. The summed E-state index contributed by atoms with van der Waals surface area (Å²) < 4.78 is 5.53. The highest BCUT2D eigenvalue weighted by molar-refractivity contribution is 6.22. The van der Waals surface area contributed by atoms with Crippen LogP contribution in [-0.4, -0.2) is 18.7 Å². The van der Waals surface area contributed by atoms with E-state index >= 15 is 0 Å². The van der Waals surface area contributed by atoms with E-state index in [2.05, 4.69) is 0 Å². The molecule has 3 aromatic rings. The van der Waals surface area contributed by atoms with Crippen molar-refractivity contribution in [1.82, 2.24) is 0 Å². The second-order valence-corrected chi connectivity index (χ2v) is 7.97. The van der Waals surface area contributed by atoms with Crippen LogP contribution in [0.1, 0.15) is 65.6 Å². The molecule has 0 unspecified atom stereocenters. The van der Waals surface area contributed by atoms with E-state index in [1.54, 1.807) is 0 Å². The lowest BCUT2D eigenvalue weighted by molar-refractivity contribution is 0.0967. The lowest BCUT2D eigenvalue weighted by Gasteiger charge is -2.20. The molecule has 0 aliphatic heterocycles. The van der Waals surface area contributed by atoms with Crippen LogP contribution in [0, 0.1) is 27.7 Å². The summed E-state index contributed by atoms with van der Waals surface area (Å²) in [5.74, 6) is -0.289. The van der Waals surface area contributed by atoms with Crippen molar-refractivity contribution in [3.05, 3.63) is 98.6 Å². The minimum atomic E-state index is -0.525. The summed E-state index contributed by atoms with van der Waals surface area (Å²) in [5.41, 5.74) is 7.06. The molecule has 0 amide bonds. The lowest BCUT2D eigenvalue weighted by Crippen LogP contribution is -2.16. The number of methoxy groups -OCH3 is 1. The molecule has 0 saturated heterocycles. The molecule has 3 heteroatoms. The SMILES string of the molecule is COc1cc(C)cc2c1C(=O)c1cc(C)cc(C)c1[C@@H](c1ccc(C)cc1)C2=O. The molecule has 3 nitrogen and oxygen atoms in total. The maximum absolute atomic E-state index is 13.9. The van der Waals surface area contributed by atoms with Crippen LogP contribution in [0.4, 0.5) is 0 Å². The van der Waals surface area contributed by atoms with Crippen LogP contribution in [0.25, 0.3) is 0 Å². The Labute approximate surface area is 171 Å². The molecular weight excluding hydrogens is 360 g/mol. The molecule has 1 aliphatic rings. The van der Waals surface area contributed by atoms with Gasteiger partial charge in [0, 0.05) is 11.1 Å². The van der Waals surface area contributed by atoms with Gasteiger partial charge in [0.25, 0.3) is 0 Å². The first-order valence-corrected chi connectivity index (χ1v) is 9.77. The lowest BCUT2D eigenvalue weighted by atomic mass is 9.81. The van der Waals surface area contributed by atoms with E-state index < -0.39 is 5.92 Å². The van der Waals surface area contributed by atoms with Crippen LogP contribution in [-0.2, 0) is 0 Å². The Morgan fingerprint density at radius 1 is 0.759 bits per heavy atom. The Morgan fingerprint density at radius 3 is 2.03 bits per heavy atom. The Morgan fingerprint density at radius 2 is 1.38 bits per heavy atom. The molecule has 0 radical (unpaired) electrons. The number of hydrogen-bond donors (Lipinski definition) is 0. The molecule has 0 spiro atoms. The van der Waals surface area contributed by atoms with Gasteiger partial charge in [-0.05, 0) is 68.1 Å². The van der Waals surface area contributed by atoms with Gasteiger partial charge in [-0.1, -0.05) is 41.5 Å². The fourth-order valence-corrected chi connectivity index (χ4v) is 4.39. The Bertz CT molecular complexity index is 1150. The summed E-state index contributed by atoms with van der Waals surface area (Å²) in [4.78, 5) is 27.5. The van der Waals surface area contributed by atoms with Gasteiger partial charge < -0.3 is 4.74 Å². The second-order valence-electron chi connectivity index (χ2n) is 7.97. The van der Waals surface area contributed by atoms with E-state index in [0.717, 1.165) is 33.4 Å². The van der Waals surface area contributed by atoms with Gasteiger partial charge in [-0.25, -0.2) is 0 Å². The number of rotatable bonds is 2. The first kappa shape index (κ1) is 19.1. The molecule has 4 rings (SSSR count). The summed E-state index contributed by atoms with van der Waals surface area (Å²) in [6.45, 7) is 7.89. The molecule has 1 atom stereocenters. The zero-order valence-electron chi connectivity index (χ0n) is 17.4. The normalized spacial score (nSPS) is 15.6. The van der Waals surface area contributed by atoms with E-state index in [1.165, 1.54) is 7.11 Å². The van der Waals surface area contributed by atoms with Crippen LogP contribution in [0.5, 0.6) is 5.75 Å². The minimum absolute atomic E-state index is 0.0649. The molecule has 0 bridgehead atoms. The van der Waals surface area contributed by atoms with Gasteiger partial charge in [0.15, 0.2) is 11.6 Å². The number of carbonyl (C=O) groups excluding carboxylic acids is 2. The third kappa shape index (κ3) is 3.07. The third-order valence-corrected chi connectivity index (χ3v) is 5.70. The first-order chi connectivity index (χ1) is 13.8. The predicted octanol–water partition coefficient (Wildman–Crippen LogP) is 5.49. The van der Waals surface area contributed by atoms with Crippen molar-refractivity contribution in [2.75, 3.05) is 7.11 Å².